The Morgan fingerprint density at radius 2 is 2.05 bits per heavy atom. The van der Waals surface area contributed by atoms with Gasteiger partial charge in [0.2, 0.25) is 0 Å². The second-order valence-corrected chi connectivity index (χ2v) is 12.4. The van der Waals surface area contributed by atoms with E-state index in [2.05, 4.69) is 38.7 Å². The lowest BCUT2D eigenvalue weighted by Crippen LogP contribution is -2.39. The quantitative estimate of drug-likeness (QED) is 0.288. The number of benzene rings is 1. The van der Waals surface area contributed by atoms with E-state index in [1.807, 2.05) is 59.1 Å². The highest BCUT2D eigenvalue weighted by Gasteiger charge is 2.68. The highest BCUT2D eigenvalue weighted by molar-refractivity contribution is 14.1. The predicted octanol–water partition coefficient (Wildman–Crippen LogP) is 4.44. The number of piperidine rings is 1. The Bertz CT molecular complexity index is 1570. The van der Waals surface area contributed by atoms with Crippen LogP contribution >= 0.6 is 22.6 Å². The molecule has 0 radical (unpaired) electrons. The summed E-state index contributed by atoms with van der Waals surface area (Å²) in [4.78, 5) is 26.2. The first-order valence-electron chi connectivity index (χ1n) is 14.2. The van der Waals surface area contributed by atoms with Gasteiger partial charge in [-0.1, -0.05) is 30.3 Å². The number of nitrogens with zero attached hydrogens (tertiary/aromatic N) is 8. The molecule has 2 aliphatic heterocycles. The molecule has 3 fully saturated rings. The summed E-state index contributed by atoms with van der Waals surface area (Å²) in [6, 6.07) is 11.9. The van der Waals surface area contributed by atoms with Gasteiger partial charge < -0.3 is 19.6 Å². The van der Waals surface area contributed by atoms with Gasteiger partial charge in [0.05, 0.1) is 6.20 Å². The van der Waals surface area contributed by atoms with Crippen LogP contribution in [-0.2, 0) is 23.7 Å². The number of ether oxygens (including phenoxy) is 1. The van der Waals surface area contributed by atoms with Crippen LogP contribution in [0, 0.1) is 15.5 Å². The Hall–Kier alpha value is -3.26. The maximum absolute atomic E-state index is 12.5. The monoisotopic (exact) mass is 668 g/mol. The number of anilines is 1. The van der Waals surface area contributed by atoms with Crippen molar-refractivity contribution in [3.05, 3.63) is 63.7 Å². The number of rotatable bonds is 7. The summed E-state index contributed by atoms with van der Waals surface area (Å²) in [5, 5.41) is 19.5. The van der Waals surface area contributed by atoms with Crippen molar-refractivity contribution < 1.29 is 14.6 Å². The molecule has 7 rings (SSSR count). The van der Waals surface area contributed by atoms with E-state index in [1.54, 1.807) is 4.90 Å². The molecule has 3 aromatic heterocycles. The van der Waals surface area contributed by atoms with Crippen LogP contribution in [0.1, 0.15) is 43.2 Å². The first-order valence-corrected chi connectivity index (χ1v) is 15.3. The third kappa shape index (κ3) is 4.64. The summed E-state index contributed by atoms with van der Waals surface area (Å²) in [5.74, 6) is 1.47. The molecule has 3 aliphatic rings. The fourth-order valence-electron chi connectivity index (χ4n) is 7.16. The summed E-state index contributed by atoms with van der Waals surface area (Å²) in [5.41, 5.74) is 3.33. The fourth-order valence-corrected chi connectivity index (χ4v) is 7.77. The van der Waals surface area contributed by atoms with E-state index in [1.165, 1.54) is 0 Å². The molecule has 1 saturated carbocycles. The zero-order chi connectivity index (χ0) is 28.1. The van der Waals surface area contributed by atoms with Crippen molar-refractivity contribution in [1.29, 1.82) is 0 Å². The highest BCUT2D eigenvalue weighted by Crippen LogP contribution is 2.64. The van der Waals surface area contributed by atoms with E-state index in [-0.39, 0.29) is 17.6 Å². The number of carbonyl (C=O) groups is 1. The summed E-state index contributed by atoms with van der Waals surface area (Å²) in [6.07, 6.45) is 6.70. The molecule has 0 spiro atoms. The lowest BCUT2D eigenvalue weighted by molar-refractivity contribution is -0.0372. The van der Waals surface area contributed by atoms with Gasteiger partial charge in [0, 0.05) is 57.1 Å². The number of amides is 1. The minimum absolute atomic E-state index is 0.113. The Kier molecular flexibility index (Phi) is 6.84. The molecule has 12 heteroatoms. The molecule has 4 aromatic rings. The van der Waals surface area contributed by atoms with Crippen molar-refractivity contribution in [3.63, 3.8) is 0 Å². The van der Waals surface area contributed by atoms with E-state index in [4.69, 9.17) is 19.8 Å². The van der Waals surface area contributed by atoms with Gasteiger partial charge in [-0.15, -0.1) is 0 Å². The third-order valence-electron chi connectivity index (χ3n) is 9.17. The summed E-state index contributed by atoms with van der Waals surface area (Å²) < 4.78 is 10.7. The predicted molar refractivity (Wildman–Crippen MR) is 160 cm³/mol. The van der Waals surface area contributed by atoms with Crippen molar-refractivity contribution in [1.82, 2.24) is 34.4 Å². The van der Waals surface area contributed by atoms with Crippen molar-refractivity contribution in [2.75, 3.05) is 31.1 Å². The molecule has 1 aromatic carbocycles. The minimum atomic E-state index is -0.903. The molecule has 4 atom stereocenters. The number of aryl methyl sites for hydroxylation is 1. The zero-order valence-electron chi connectivity index (χ0n) is 22.9. The van der Waals surface area contributed by atoms with Gasteiger partial charge in [-0.3, -0.25) is 4.68 Å². The van der Waals surface area contributed by atoms with Crippen LogP contribution < -0.4 is 4.90 Å². The molecule has 5 heterocycles. The van der Waals surface area contributed by atoms with Crippen molar-refractivity contribution in [2.45, 2.75) is 43.9 Å². The molecule has 214 valence electrons. The van der Waals surface area contributed by atoms with Gasteiger partial charge in [-0.2, -0.15) is 10.2 Å². The zero-order valence-corrected chi connectivity index (χ0v) is 25.1. The van der Waals surface area contributed by atoms with Crippen molar-refractivity contribution in [2.24, 2.45) is 18.9 Å². The standard InChI is InChI=1S/C29H33IN8O3/c1-35-22(10-12-32-35)29(18-37(28(39)40)16-19-7-3-2-4-8-19)20-11-13-36(17-21(20)29)23-15-31-25-26(30)34-38(27(25)33-23)24-9-5-6-14-41-24/h2-4,7-8,10,12,15,20-21,24H,5-6,9,11,13-14,16-18H2,1H3,(H,39,40). The minimum Gasteiger partial charge on any atom is -0.465 e. The van der Waals surface area contributed by atoms with Gasteiger partial charge in [-0.25, -0.2) is 19.4 Å². The van der Waals surface area contributed by atoms with Crippen LogP contribution in [0.4, 0.5) is 10.6 Å². The molecule has 0 bridgehead atoms. The van der Waals surface area contributed by atoms with Crippen molar-refractivity contribution >= 4 is 45.7 Å². The van der Waals surface area contributed by atoms with E-state index in [0.29, 0.717) is 19.0 Å². The first kappa shape index (κ1) is 26.6. The maximum atomic E-state index is 12.5. The van der Waals surface area contributed by atoms with Gasteiger partial charge in [0.25, 0.3) is 0 Å². The Labute approximate surface area is 251 Å². The van der Waals surface area contributed by atoms with Crippen LogP contribution in [-0.4, -0.2) is 71.9 Å². The van der Waals surface area contributed by atoms with E-state index in [9.17, 15) is 9.90 Å². The molecule has 11 nitrogen and oxygen atoms in total. The third-order valence-corrected chi connectivity index (χ3v) is 9.89. The molecular formula is C29H33IN8O3. The Balaban J connectivity index is 1.18. The van der Waals surface area contributed by atoms with E-state index >= 15 is 0 Å². The van der Waals surface area contributed by atoms with Crippen LogP contribution in [0.15, 0.2) is 48.8 Å². The summed E-state index contributed by atoms with van der Waals surface area (Å²) in [6.45, 7) is 3.12. The normalized spacial score (nSPS) is 25.7. The topological polar surface area (TPSA) is 114 Å². The van der Waals surface area contributed by atoms with Crippen LogP contribution in [0.3, 0.4) is 0 Å². The van der Waals surface area contributed by atoms with Gasteiger partial charge in [0.15, 0.2) is 15.6 Å². The second-order valence-electron chi connectivity index (χ2n) is 11.4. The van der Waals surface area contributed by atoms with Crippen LogP contribution in [0.2, 0.25) is 0 Å². The number of halogens is 1. The number of hydrogen-bond donors (Lipinski definition) is 1. The molecular weight excluding hydrogens is 635 g/mol. The SMILES string of the molecule is Cn1nccc1C1(CN(Cc2ccccc2)C(=O)O)C2CCN(c3cnc4c(I)nn(C5CCCCO5)c4n3)CC21. The van der Waals surface area contributed by atoms with Gasteiger partial charge >= 0.3 is 6.09 Å². The maximum Gasteiger partial charge on any atom is 0.407 e. The molecule has 1 aliphatic carbocycles. The second kappa shape index (κ2) is 10.5. The van der Waals surface area contributed by atoms with Gasteiger partial charge in [-0.05, 0) is 71.7 Å². The highest BCUT2D eigenvalue weighted by atomic mass is 127. The lowest BCUT2D eigenvalue weighted by atomic mass is 9.95. The van der Waals surface area contributed by atoms with E-state index < -0.39 is 6.09 Å². The molecule has 2 saturated heterocycles. The van der Waals surface area contributed by atoms with Crippen molar-refractivity contribution in [3.8, 4) is 0 Å². The van der Waals surface area contributed by atoms with Crippen LogP contribution in [0.25, 0.3) is 11.2 Å². The Morgan fingerprint density at radius 3 is 2.78 bits per heavy atom. The Morgan fingerprint density at radius 1 is 1.20 bits per heavy atom. The number of aromatic nitrogens is 6. The number of hydrogen-bond acceptors (Lipinski definition) is 7. The molecule has 41 heavy (non-hydrogen) atoms. The summed E-state index contributed by atoms with van der Waals surface area (Å²) >= 11 is 2.22. The smallest absolute Gasteiger partial charge is 0.407 e. The molecule has 1 amide bonds. The lowest BCUT2D eigenvalue weighted by Gasteiger charge is -2.28. The number of fused-ring (bicyclic) bond motifs is 2. The number of carboxylic acid groups (broad SMARTS) is 1. The molecule has 1 N–H and O–H groups in total. The average molecular weight is 669 g/mol. The fraction of sp³-hybridized carbons (Fsp3) is 0.483. The molecule has 4 unspecified atom stereocenters. The van der Waals surface area contributed by atoms with Gasteiger partial charge in [0.1, 0.15) is 11.3 Å². The first-order chi connectivity index (χ1) is 20.0. The van der Waals surface area contributed by atoms with Crippen LogP contribution in [0.5, 0.6) is 0 Å². The summed E-state index contributed by atoms with van der Waals surface area (Å²) in [7, 11) is 1.96. The largest absolute Gasteiger partial charge is 0.465 e. The van der Waals surface area contributed by atoms with E-state index in [0.717, 1.165) is 77.3 Å². The average Bonchev–Trinajstić information content (AvgIpc) is 3.22.